The maximum absolute atomic E-state index is 8.81. The van der Waals surface area contributed by atoms with Crippen LogP contribution in [0.3, 0.4) is 0 Å². The monoisotopic (exact) mass is 143 g/mol. The van der Waals surface area contributed by atoms with Crippen LogP contribution in [-0.4, -0.2) is 18.3 Å². The van der Waals surface area contributed by atoms with E-state index in [1.807, 2.05) is 0 Å². The summed E-state index contributed by atoms with van der Waals surface area (Å²) in [5, 5.41) is 8.81. The van der Waals surface area contributed by atoms with Crippen molar-refractivity contribution < 1.29 is 5.11 Å². The SMILES string of the molecule is NCC(CO)CC1CCC1. The molecule has 0 heterocycles. The van der Waals surface area contributed by atoms with Gasteiger partial charge in [-0.25, -0.2) is 0 Å². The van der Waals surface area contributed by atoms with Crippen LogP contribution in [0.1, 0.15) is 25.7 Å². The standard InChI is InChI=1S/C8H17NO/c9-5-8(6-10)4-7-2-1-3-7/h7-8,10H,1-6,9H2. The molecular formula is C8H17NO. The Hall–Kier alpha value is -0.0800. The van der Waals surface area contributed by atoms with Crippen LogP contribution in [0.2, 0.25) is 0 Å². The fourth-order valence-electron chi connectivity index (χ4n) is 1.45. The van der Waals surface area contributed by atoms with E-state index >= 15 is 0 Å². The molecule has 1 rings (SSSR count). The van der Waals surface area contributed by atoms with Gasteiger partial charge in [0, 0.05) is 6.61 Å². The summed E-state index contributed by atoms with van der Waals surface area (Å²) in [5.41, 5.74) is 5.45. The van der Waals surface area contributed by atoms with Crippen molar-refractivity contribution in [3.8, 4) is 0 Å². The normalized spacial score (nSPS) is 22.2. The van der Waals surface area contributed by atoms with Gasteiger partial charge in [-0.2, -0.15) is 0 Å². The van der Waals surface area contributed by atoms with Crippen LogP contribution >= 0.6 is 0 Å². The van der Waals surface area contributed by atoms with Crippen molar-refractivity contribution in [1.29, 1.82) is 0 Å². The van der Waals surface area contributed by atoms with Gasteiger partial charge in [-0.3, -0.25) is 0 Å². The lowest BCUT2D eigenvalue weighted by Gasteiger charge is -2.28. The molecular weight excluding hydrogens is 126 g/mol. The molecule has 1 aliphatic rings. The zero-order chi connectivity index (χ0) is 7.40. The molecule has 60 valence electrons. The van der Waals surface area contributed by atoms with Gasteiger partial charge in [-0.05, 0) is 24.8 Å². The van der Waals surface area contributed by atoms with Gasteiger partial charge >= 0.3 is 0 Å². The second kappa shape index (κ2) is 3.94. The summed E-state index contributed by atoms with van der Waals surface area (Å²) in [4.78, 5) is 0. The Morgan fingerprint density at radius 2 is 2.20 bits per heavy atom. The van der Waals surface area contributed by atoms with Crippen molar-refractivity contribution in [2.45, 2.75) is 25.7 Å². The van der Waals surface area contributed by atoms with Crippen LogP contribution in [0.4, 0.5) is 0 Å². The van der Waals surface area contributed by atoms with Gasteiger partial charge in [0.05, 0.1) is 0 Å². The van der Waals surface area contributed by atoms with E-state index in [2.05, 4.69) is 0 Å². The number of aliphatic hydroxyl groups is 1. The molecule has 0 aromatic carbocycles. The van der Waals surface area contributed by atoms with Crippen molar-refractivity contribution in [2.75, 3.05) is 13.2 Å². The second-order valence-corrected chi connectivity index (χ2v) is 3.32. The highest BCUT2D eigenvalue weighted by atomic mass is 16.3. The van der Waals surface area contributed by atoms with Crippen molar-refractivity contribution in [2.24, 2.45) is 17.6 Å². The first-order valence-electron chi connectivity index (χ1n) is 4.17. The summed E-state index contributed by atoms with van der Waals surface area (Å²) >= 11 is 0. The third kappa shape index (κ3) is 1.96. The third-order valence-electron chi connectivity index (χ3n) is 2.48. The van der Waals surface area contributed by atoms with E-state index in [1.165, 1.54) is 19.3 Å². The fraction of sp³-hybridized carbons (Fsp3) is 1.00. The maximum Gasteiger partial charge on any atom is 0.0471 e. The molecule has 2 heteroatoms. The van der Waals surface area contributed by atoms with Crippen molar-refractivity contribution in [3.05, 3.63) is 0 Å². The Morgan fingerprint density at radius 1 is 1.50 bits per heavy atom. The van der Waals surface area contributed by atoms with Crippen LogP contribution in [-0.2, 0) is 0 Å². The summed E-state index contributed by atoms with van der Waals surface area (Å²) in [6.45, 7) is 0.917. The van der Waals surface area contributed by atoms with Crippen LogP contribution in [0.15, 0.2) is 0 Å². The highest BCUT2D eigenvalue weighted by molar-refractivity contribution is 4.73. The first-order valence-corrected chi connectivity index (χ1v) is 4.17. The lowest BCUT2D eigenvalue weighted by Crippen LogP contribution is -2.24. The number of nitrogens with two attached hydrogens (primary N) is 1. The van der Waals surface area contributed by atoms with Gasteiger partial charge in [0.1, 0.15) is 0 Å². The summed E-state index contributed by atoms with van der Waals surface area (Å²) < 4.78 is 0. The van der Waals surface area contributed by atoms with E-state index in [0.29, 0.717) is 12.5 Å². The van der Waals surface area contributed by atoms with E-state index in [4.69, 9.17) is 10.8 Å². The maximum atomic E-state index is 8.81. The van der Waals surface area contributed by atoms with E-state index in [0.717, 1.165) is 12.3 Å². The van der Waals surface area contributed by atoms with Gasteiger partial charge in [0.2, 0.25) is 0 Å². The fourth-order valence-corrected chi connectivity index (χ4v) is 1.45. The van der Waals surface area contributed by atoms with Crippen LogP contribution in [0.25, 0.3) is 0 Å². The molecule has 1 atom stereocenters. The minimum Gasteiger partial charge on any atom is -0.396 e. The van der Waals surface area contributed by atoms with Crippen LogP contribution in [0.5, 0.6) is 0 Å². The molecule has 2 nitrogen and oxygen atoms in total. The number of rotatable bonds is 4. The predicted molar refractivity (Wildman–Crippen MR) is 41.6 cm³/mol. The van der Waals surface area contributed by atoms with Crippen molar-refractivity contribution in [3.63, 3.8) is 0 Å². The molecule has 0 aliphatic heterocycles. The number of aliphatic hydroxyl groups excluding tert-OH is 1. The van der Waals surface area contributed by atoms with Gasteiger partial charge < -0.3 is 10.8 Å². The lowest BCUT2D eigenvalue weighted by molar-refractivity contribution is 0.175. The van der Waals surface area contributed by atoms with E-state index in [-0.39, 0.29) is 6.61 Å². The minimum absolute atomic E-state index is 0.271. The Morgan fingerprint density at radius 3 is 2.50 bits per heavy atom. The molecule has 0 bridgehead atoms. The van der Waals surface area contributed by atoms with E-state index in [9.17, 15) is 0 Å². The predicted octanol–water partition coefficient (Wildman–Crippen LogP) is 0.744. The van der Waals surface area contributed by atoms with Gasteiger partial charge in [-0.1, -0.05) is 19.3 Å². The Labute approximate surface area is 62.4 Å². The topological polar surface area (TPSA) is 46.2 Å². The Kier molecular flexibility index (Phi) is 3.16. The molecule has 0 radical (unpaired) electrons. The highest BCUT2D eigenvalue weighted by Crippen LogP contribution is 2.31. The van der Waals surface area contributed by atoms with Gasteiger partial charge in [-0.15, -0.1) is 0 Å². The van der Waals surface area contributed by atoms with Crippen molar-refractivity contribution >= 4 is 0 Å². The average Bonchev–Trinajstić information content (AvgIpc) is 1.87. The minimum atomic E-state index is 0.271. The summed E-state index contributed by atoms with van der Waals surface area (Å²) in [6.07, 6.45) is 5.24. The molecule has 1 unspecified atom stereocenters. The van der Waals surface area contributed by atoms with Crippen molar-refractivity contribution in [1.82, 2.24) is 0 Å². The summed E-state index contributed by atoms with van der Waals surface area (Å²) in [6, 6.07) is 0. The van der Waals surface area contributed by atoms with E-state index < -0.39 is 0 Å². The molecule has 0 spiro atoms. The van der Waals surface area contributed by atoms with E-state index in [1.54, 1.807) is 0 Å². The average molecular weight is 143 g/mol. The third-order valence-corrected chi connectivity index (χ3v) is 2.48. The molecule has 10 heavy (non-hydrogen) atoms. The van der Waals surface area contributed by atoms with Gasteiger partial charge in [0.15, 0.2) is 0 Å². The molecule has 0 aromatic heterocycles. The molecule has 3 N–H and O–H groups in total. The zero-order valence-corrected chi connectivity index (χ0v) is 6.42. The van der Waals surface area contributed by atoms with Crippen LogP contribution in [0, 0.1) is 11.8 Å². The number of hydrogen-bond acceptors (Lipinski definition) is 2. The molecule has 1 fully saturated rings. The molecule has 1 aliphatic carbocycles. The molecule has 0 amide bonds. The lowest BCUT2D eigenvalue weighted by atomic mass is 9.79. The largest absolute Gasteiger partial charge is 0.396 e. The molecule has 1 saturated carbocycles. The second-order valence-electron chi connectivity index (χ2n) is 3.32. The van der Waals surface area contributed by atoms with Crippen LogP contribution < -0.4 is 5.73 Å². The highest BCUT2D eigenvalue weighted by Gasteiger charge is 2.20. The summed E-state index contributed by atoms with van der Waals surface area (Å²) in [7, 11) is 0. The smallest absolute Gasteiger partial charge is 0.0471 e. The quantitative estimate of drug-likeness (QED) is 0.610. The summed E-state index contributed by atoms with van der Waals surface area (Å²) in [5.74, 6) is 1.24. The Balaban J connectivity index is 2.08. The first-order chi connectivity index (χ1) is 4.86. The first kappa shape index (κ1) is 8.02. The Bertz CT molecular complexity index is 87.3. The number of hydrogen-bond donors (Lipinski definition) is 2. The zero-order valence-electron chi connectivity index (χ0n) is 6.42. The molecule has 0 aromatic rings. The van der Waals surface area contributed by atoms with Gasteiger partial charge in [0.25, 0.3) is 0 Å². The molecule has 0 saturated heterocycles.